The van der Waals surface area contributed by atoms with Gasteiger partial charge in [0, 0.05) is 7.05 Å². The molecule has 0 fully saturated rings. The maximum Gasteiger partial charge on any atom is 0.111 e. The molecule has 0 bridgehead atoms. The van der Waals surface area contributed by atoms with Crippen molar-refractivity contribution in [1.82, 2.24) is 15.1 Å². The molecule has 0 aliphatic rings. The normalized spacial score (nSPS) is 12.4. The SMILES string of the molecule is C#CC(NCC)c1cc(CC)nn1C. The van der Waals surface area contributed by atoms with Gasteiger partial charge in [0.25, 0.3) is 0 Å². The smallest absolute Gasteiger partial charge is 0.111 e. The van der Waals surface area contributed by atoms with Gasteiger partial charge in [-0.1, -0.05) is 19.8 Å². The molecule has 0 aliphatic heterocycles. The van der Waals surface area contributed by atoms with Gasteiger partial charge in [-0.2, -0.15) is 5.10 Å². The fourth-order valence-electron chi connectivity index (χ4n) is 1.44. The Morgan fingerprint density at radius 2 is 2.36 bits per heavy atom. The fraction of sp³-hybridized carbons (Fsp3) is 0.545. The third-order valence-corrected chi connectivity index (χ3v) is 2.20. The molecule has 1 aromatic rings. The van der Waals surface area contributed by atoms with Crippen molar-refractivity contribution in [2.45, 2.75) is 26.3 Å². The van der Waals surface area contributed by atoms with E-state index in [1.165, 1.54) is 0 Å². The van der Waals surface area contributed by atoms with Gasteiger partial charge in [0.1, 0.15) is 6.04 Å². The Balaban J connectivity index is 2.92. The zero-order valence-corrected chi connectivity index (χ0v) is 9.04. The Labute approximate surface area is 85.5 Å². The maximum absolute atomic E-state index is 5.46. The molecule has 3 nitrogen and oxygen atoms in total. The average Bonchev–Trinajstić information content (AvgIpc) is 2.56. The molecule has 1 aromatic heterocycles. The molecule has 0 amide bonds. The van der Waals surface area contributed by atoms with Gasteiger partial charge in [0.05, 0.1) is 11.4 Å². The lowest BCUT2D eigenvalue weighted by atomic mass is 10.2. The van der Waals surface area contributed by atoms with E-state index in [4.69, 9.17) is 6.42 Å². The maximum atomic E-state index is 5.46. The van der Waals surface area contributed by atoms with Gasteiger partial charge in [-0.05, 0) is 19.0 Å². The van der Waals surface area contributed by atoms with Crippen LogP contribution in [-0.4, -0.2) is 16.3 Å². The second-order valence-corrected chi connectivity index (χ2v) is 3.20. The van der Waals surface area contributed by atoms with Crippen molar-refractivity contribution in [3.05, 3.63) is 17.5 Å². The number of nitrogens with one attached hydrogen (secondary N) is 1. The molecule has 0 radical (unpaired) electrons. The zero-order chi connectivity index (χ0) is 10.6. The summed E-state index contributed by atoms with van der Waals surface area (Å²) in [5.41, 5.74) is 2.15. The van der Waals surface area contributed by atoms with E-state index >= 15 is 0 Å². The minimum Gasteiger partial charge on any atom is -0.299 e. The molecule has 1 N–H and O–H groups in total. The van der Waals surface area contributed by atoms with E-state index in [1.54, 1.807) is 0 Å². The van der Waals surface area contributed by atoms with E-state index in [0.717, 1.165) is 24.4 Å². The number of aryl methyl sites for hydroxylation is 2. The Hall–Kier alpha value is -1.27. The summed E-state index contributed by atoms with van der Waals surface area (Å²) in [6.07, 6.45) is 6.40. The van der Waals surface area contributed by atoms with Gasteiger partial charge in [0.15, 0.2) is 0 Å². The summed E-state index contributed by atoms with van der Waals surface area (Å²) < 4.78 is 1.85. The van der Waals surface area contributed by atoms with Crippen molar-refractivity contribution >= 4 is 0 Å². The minimum absolute atomic E-state index is 0.0298. The van der Waals surface area contributed by atoms with Crippen molar-refractivity contribution in [1.29, 1.82) is 0 Å². The number of hydrogen-bond acceptors (Lipinski definition) is 2. The second kappa shape index (κ2) is 4.83. The van der Waals surface area contributed by atoms with Crippen LogP contribution in [0.3, 0.4) is 0 Å². The van der Waals surface area contributed by atoms with Crippen LogP contribution in [-0.2, 0) is 13.5 Å². The van der Waals surface area contributed by atoms with E-state index in [9.17, 15) is 0 Å². The highest BCUT2D eigenvalue weighted by atomic mass is 15.3. The summed E-state index contributed by atoms with van der Waals surface area (Å²) in [6, 6.07) is 2.03. The van der Waals surface area contributed by atoms with Gasteiger partial charge < -0.3 is 0 Å². The Kier molecular flexibility index (Phi) is 3.73. The van der Waals surface area contributed by atoms with Crippen LogP contribution in [0, 0.1) is 12.3 Å². The van der Waals surface area contributed by atoms with Crippen LogP contribution in [0.4, 0.5) is 0 Å². The lowest BCUT2D eigenvalue weighted by molar-refractivity contribution is 0.596. The number of hydrogen-bond donors (Lipinski definition) is 1. The summed E-state index contributed by atoms with van der Waals surface area (Å²) >= 11 is 0. The first-order valence-corrected chi connectivity index (χ1v) is 4.95. The standard InChI is InChI=1S/C11H17N3/c1-5-9-8-11(14(4)13-9)10(6-2)12-7-3/h2,8,10,12H,5,7H2,1,3-4H3. The molecule has 3 heteroatoms. The van der Waals surface area contributed by atoms with Crippen molar-refractivity contribution in [3.8, 4) is 12.3 Å². The second-order valence-electron chi connectivity index (χ2n) is 3.20. The molecule has 76 valence electrons. The molecule has 0 saturated carbocycles. The highest BCUT2D eigenvalue weighted by Gasteiger charge is 2.12. The molecule has 0 aromatic carbocycles. The molecular weight excluding hydrogens is 174 g/mol. The molecule has 1 unspecified atom stereocenters. The van der Waals surface area contributed by atoms with E-state index in [1.807, 2.05) is 18.7 Å². The molecule has 0 spiro atoms. The van der Waals surface area contributed by atoms with E-state index < -0.39 is 0 Å². The lowest BCUT2D eigenvalue weighted by Crippen LogP contribution is -2.21. The quantitative estimate of drug-likeness (QED) is 0.726. The van der Waals surface area contributed by atoms with Crippen LogP contribution in [0.5, 0.6) is 0 Å². The predicted molar refractivity (Wildman–Crippen MR) is 57.8 cm³/mol. The monoisotopic (exact) mass is 191 g/mol. The lowest BCUT2D eigenvalue weighted by Gasteiger charge is -2.10. The fourth-order valence-corrected chi connectivity index (χ4v) is 1.44. The summed E-state index contributed by atoms with van der Waals surface area (Å²) in [6.45, 7) is 4.99. The highest BCUT2D eigenvalue weighted by Crippen LogP contribution is 2.13. The van der Waals surface area contributed by atoms with Crippen LogP contribution >= 0.6 is 0 Å². The van der Waals surface area contributed by atoms with Crippen molar-refractivity contribution in [2.75, 3.05) is 6.54 Å². The van der Waals surface area contributed by atoms with Crippen molar-refractivity contribution in [3.63, 3.8) is 0 Å². The van der Waals surface area contributed by atoms with Crippen LogP contribution in [0.1, 0.15) is 31.3 Å². The predicted octanol–water partition coefficient (Wildman–Crippen LogP) is 1.27. The van der Waals surface area contributed by atoms with Gasteiger partial charge in [-0.3, -0.25) is 10.00 Å². The Morgan fingerprint density at radius 1 is 1.64 bits per heavy atom. The molecule has 0 aliphatic carbocycles. The number of terminal acetylenes is 1. The summed E-state index contributed by atoms with van der Waals surface area (Å²) in [7, 11) is 1.93. The van der Waals surface area contributed by atoms with Crippen LogP contribution in [0.2, 0.25) is 0 Å². The number of aromatic nitrogens is 2. The largest absolute Gasteiger partial charge is 0.299 e. The Morgan fingerprint density at radius 3 is 2.79 bits per heavy atom. The zero-order valence-electron chi connectivity index (χ0n) is 9.04. The molecule has 1 rings (SSSR count). The van der Waals surface area contributed by atoms with E-state index in [-0.39, 0.29) is 6.04 Å². The third-order valence-electron chi connectivity index (χ3n) is 2.20. The highest BCUT2D eigenvalue weighted by molar-refractivity contribution is 5.21. The molecule has 0 saturated heterocycles. The molecular formula is C11H17N3. The average molecular weight is 191 g/mol. The van der Waals surface area contributed by atoms with Crippen LogP contribution < -0.4 is 5.32 Å². The minimum atomic E-state index is -0.0298. The van der Waals surface area contributed by atoms with Crippen molar-refractivity contribution < 1.29 is 0 Å². The summed E-state index contributed by atoms with van der Waals surface area (Å²) in [4.78, 5) is 0. The van der Waals surface area contributed by atoms with Gasteiger partial charge in [-0.25, -0.2) is 0 Å². The number of rotatable bonds is 4. The van der Waals surface area contributed by atoms with Gasteiger partial charge >= 0.3 is 0 Å². The van der Waals surface area contributed by atoms with Gasteiger partial charge in [0.2, 0.25) is 0 Å². The number of nitrogens with zero attached hydrogens (tertiary/aromatic N) is 2. The van der Waals surface area contributed by atoms with Gasteiger partial charge in [-0.15, -0.1) is 6.42 Å². The van der Waals surface area contributed by atoms with E-state index in [0.29, 0.717) is 0 Å². The van der Waals surface area contributed by atoms with Crippen LogP contribution in [0.25, 0.3) is 0 Å². The molecule has 1 atom stereocenters. The first-order valence-electron chi connectivity index (χ1n) is 4.95. The van der Waals surface area contributed by atoms with Crippen LogP contribution in [0.15, 0.2) is 6.07 Å². The Bertz CT molecular complexity index is 333. The van der Waals surface area contributed by atoms with Crippen molar-refractivity contribution in [2.24, 2.45) is 7.05 Å². The molecule has 1 heterocycles. The topological polar surface area (TPSA) is 29.9 Å². The first-order chi connectivity index (χ1) is 6.72. The first kappa shape index (κ1) is 10.8. The summed E-state index contributed by atoms with van der Waals surface area (Å²) in [5, 5.41) is 7.59. The van der Waals surface area contributed by atoms with E-state index in [2.05, 4.69) is 29.3 Å². The third kappa shape index (κ3) is 2.15. The summed E-state index contributed by atoms with van der Waals surface area (Å²) in [5.74, 6) is 2.73. The molecule has 14 heavy (non-hydrogen) atoms.